The average Bonchev–Trinajstić information content (AvgIpc) is 3.24. The van der Waals surface area contributed by atoms with E-state index in [1.165, 1.54) is 5.56 Å². The van der Waals surface area contributed by atoms with E-state index in [9.17, 15) is 4.79 Å². The van der Waals surface area contributed by atoms with E-state index in [1.807, 2.05) is 30.0 Å². The summed E-state index contributed by atoms with van der Waals surface area (Å²) in [6, 6.07) is 8.44. The number of aryl methyl sites for hydroxylation is 1. The van der Waals surface area contributed by atoms with E-state index in [0.29, 0.717) is 6.42 Å². The minimum atomic E-state index is 0.0540. The minimum Gasteiger partial charge on any atom is -0.497 e. The highest BCUT2D eigenvalue weighted by atomic mass is 32.1. The van der Waals surface area contributed by atoms with Crippen molar-refractivity contribution in [3.63, 3.8) is 0 Å². The van der Waals surface area contributed by atoms with Gasteiger partial charge in [-0.3, -0.25) is 4.79 Å². The van der Waals surface area contributed by atoms with Gasteiger partial charge in [-0.25, -0.2) is 4.98 Å². The molecule has 1 saturated heterocycles. The van der Waals surface area contributed by atoms with Crippen LogP contribution in [-0.4, -0.2) is 35.5 Å². The van der Waals surface area contributed by atoms with Crippen molar-refractivity contribution in [3.05, 3.63) is 45.9 Å². The third-order valence-corrected chi connectivity index (χ3v) is 5.76. The van der Waals surface area contributed by atoms with Crippen LogP contribution in [0.5, 0.6) is 5.75 Å². The Morgan fingerprint density at radius 1 is 1.46 bits per heavy atom. The van der Waals surface area contributed by atoms with E-state index < -0.39 is 0 Å². The molecule has 140 valence electrons. The van der Waals surface area contributed by atoms with E-state index in [0.717, 1.165) is 42.4 Å². The number of carbonyl (C=O) groups excluding carboxylic acids is 1. The van der Waals surface area contributed by atoms with E-state index in [4.69, 9.17) is 4.74 Å². The van der Waals surface area contributed by atoms with Crippen LogP contribution in [0.2, 0.25) is 0 Å². The maximum Gasteiger partial charge on any atom is 0.223 e. The quantitative estimate of drug-likeness (QED) is 0.717. The molecule has 1 aliphatic rings. The zero-order valence-electron chi connectivity index (χ0n) is 15.7. The van der Waals surface area contributed by atoms with E-state index in [2.05, 4.69) is 28.7 Å². The van der Waals surface area contributed by atoms with Crippen LogP contribution in [0, 0.1) is 6.92 Å². The summed E-state index contributed by atoms with van der Waals surface area (Å²) in [5.41, 5.74) is 2.21. The molecule has 1 amide bonds. The van der Waals surface area contributed by atoms with Crippen molar-refractivity contribution in [2.45, 2.75) is 51.7 Å². The molecule has 2 aromatic rings. The van der Waals surface area contributed by atoms with Gasteiger partial charge in [0.1, 0.15) is 5.75 Å². The second-order valence-electron chi connectivity index (χ2n) is 6.78. The number of benzene rings is 1. The Morgan fingerprint density at radius 2 is 2.31 bits per heavy atom. The van der Waals surface area contributed by atoms with Gasteiger partial charge in [0.15, 0.2) is 0 Å². The van der Waals surface area contributed by atoms with Crippen molar-refractivity contribution < 1.29 is 9.53 Å². The monoisotopic (exact) mass is 373 g/mol. The summed E-state index contributed by atoms with van der Waals surface area (Å²) in [7, 11) is 1.68. The lowest BCUT2D eigenvalue weighted by Gasteiger charge is -2.30. The molecule has 2 atom stereocenters. The number of nitrogens with one attached hydrogen (secondary N) is 1. The van der Waals surface area contributed by atoms with Gasteiger partial charge in [-0.15, -0.1) is 11.3 Å². The Kier molecular flexibility index (Phi) is 6.27. The fourth-order valence-corrected chi connectivity index (χ4v) is 4.27. The Morgan fingerprint density at radius 3 is 3.04 bits per heavy atom. The summed E-state index contributed by atoms with van der Waals surface area (Å²) in [6.07, 6.45) is 2.55. The van der Waals surface area contributed by atoms with Crippen molar-refractivity contribution in [3.8, 4) is 5.75 Å². The average molecular weight is 374 g/mol. The number of ether oxygens (including phenoxy) is 1. The summed E-state index contributed by atoms with van der Waals surface area (Å²) in [5.74, 6) is 1.13. The standard InChI is InChI=1S/C20H27N3O2S/c1-14(19-13-26-15(2)22-19)23-17(7-8-20(23)24)9-10-21-12-16-5-4-6-18(11-16)25-3/h4-6,11,13-14,17,21H,7-10,12H2,1-3H3/t14-,17+/m1/s1. The van der Waals surface area contributed by atoms with Crippen LogP contribution in [0.3, 0.4) is 0 Å². The zero-order valence-corrected chi connectivity index (χ0v) is 16.5. The van der Waals surface area contributed by atoms with E-state index in [1.54, 1.807) is 18.4 Å². The van der Waals surface area contributed by atoms with Crippen molar-refractivity contribution >= 4 is 17.2 Å². The summed E-state index contributed by atoms with van der Waals surface area (Å²) in [5, 5.41) is 6.62. The lowest BCUT2D eigenvalue weighted by molar-refractivity contribution is -0.131. The first-order chi connectivity index (χ1) is 12.6. The normalized spacial score (nSPS) is 18.3. The second-order valence-corrected chi connectivity index (χ2v) is 7.84. The molecule has 0 radical (unpaired) electrons. The third kappa shape index (κ3) is 4.43. The lowest BCUT2D eigenvalue weighted by Crippen LogP contribution is -2.37. The molecule has 1 N–H and O–H groups in total. The zero-order chi connectivity index (χ0) is 18.5. The molecule has 1 fully saturated rings. The van der Waals surface area contributed by atoms with Crippen molar-refractivity contribution in [1.29, 1.82) is 0 Å². The van der Waals surface area contributed by atoms with Gasteiger partial charge < -0.3 is 15.0 Å². The number of thiazole rings is 1. The molecule has 6 heteroatoms. The first-order valence-corrected chi connectivity index (χ1v) is 10.0. The third-order valence-electron chi connectivity index (χ3n) is 4.97. The first kappa shape index (κ1) is 18.9. The van der Waals surface area contributed by atoms with Gasteiger partial charge in [0.05, 0.1) is 23.9 Å². The fraction of sp³-hybridized carbons (Fsp3) is 0.500. The van der Waals surface area contributed by atoms with Gasteiger partial charge in [-0.1, -0.05) is 12.1 Å². The molecule has 1 aromatic carbocycles. The van der Waals surface area contributed by atoms with Crippen molar-refractivity contribution in [1.82, 2.24) is 15.2 Å². The number of aromatic nitrogens is 1. The van der Waals surface area contributed by atoms with Gasteiger partial charge in [-0.2, -0.15) is 0 Å². The lowest BCUT2D eigenvalue weighted by atomic mass is 10.1. The van der Waals surface area contributed by atoms with Crippen LogP contribution in [0.4, 0.5) is 0 Å². The van der Waals surface area contributed by atoms with Gasteiger partial charge in [0.25, 0.3) is 0 Å². The topological polar surface area (TPSA) is 54.5 Å². The molecule has 0 aliphatic carbocycles. The minimum absolute atomic E-state index is 0.0540. The molecule has 0 bridgehead atoms. The maximum absolute atomic E-state index is 12.4. The van der Waals surface area contributed by atoms with Crippen LogP contribution < -0.4 is 10.1 Å². The smallest absolute Gasteiger partial charge is 0.223 e. The Balaban J connectivity index is 1.52. The number of likely N-dealkylation sites (tertiary alicyclic amines) is 1. The molecule has 1 aromatic heterocycles. The van der Waals surface area contributed by atoms with Crippen molar-refractivity contribution in [2.24, 2.45) is 0 Å². The van der Waals surface area contributed by atoms with Crippen LogP contribution in [-0.2, 0) is 11.3 Å². The first-order valence-electron chi connectivity index (χ1n) is 9.15. The van der Waals surface area contributed by atoms with Crippen LogP contribution in [0.15, 0.2) is 29.6 Å². The van der Waals surface area contributed by atoms with Crippen molar-refractivity contribution in [2.75, 3.05) is 13.7 Å². The van der Waals surface area contributed by atoms with Crippen LogP contribution >= 0.6 is 11.3 Å². The van der Waals surface area contributed by atoms with Crippen LogP contribution in [0.25, 0.3) is 0 Å². The maximum atomic E-state index is 12.4. The highest BCUT2D eigenvalue weighted by Gasteiger charge is 2.35. The number of amides is 1. The number of carbonyl (C=O) groups is 1. The summed E-state index contributed by atoms with van der Waals surface area (Å²) >= 11 is 1.64. The van der Waals surface area contributed by atoms with Gasteiger partial charge in [0.2, 0.25) is 5.91 Å². The molecule has 26 heavy (non-hydrogen) atoms. The number of rotatable bonds is 8. The fourth-order valence-electron chi connectivity index (χ4n) is 3.58. The Hall–Kier alpha value is -1.92. The SMILES string of the molecule is COc1cccc(CNCC[C@@H]2CCC(=O)N2[C@H](C)c2csc(C)n2)c1. The molecular weight excluding hydrogens is 346 g/mol. The molecule has 3 rings (SSSR count). The number of hydrogen-bond donors (Lipinski definition) is 1. The molecule has 0 unspecified atom stereocenters. The summed E-state index contributed by atoms with van der Waals surface area (Å²) in [6.45, 7) is 5.79. The van der Waals surface area contributed by atoms with Gasteiger partial charge in [-0.05, 0) is 50.9 Å². The molecule has 1 aliphatic heterocycles. The van der Waals surface area contributed by atoms with Gasteiger partial charge >= 0.3 is 0 Å². The molecule has 0 saturated carbocycles. The number of nitrogens with zero attached hydrogens (tertiary/aromatic N) is 2. The second kappa shape index (κ2) is 8.64. The Labute approximate surface area is 159 Å². The molecule has 2 heterocycles. The van der Waals surface area contributed by atoms with Crippen LogP contribution in [0.1, 0.15) is 48.5 Å². The molecule has 5 nitrogen and oxygen atoms in total. The van der Waals surface area contributed by atoms with E-state index >= 15 is 0 Å². The summed E-state index contributed by atoms with van der Waals surface area (Å²) in [4.78, 5) is 19.0. The number of methoxy groups -OCH3 is 1. The number of hydrogen-bond acceptors (Lipinski definition) is 5. The highest BCUT2D eigenvalue weighted by molar-refractivity contribution is 7.09. The summed E-state index contributed by atoms with van der Waals surface area (Å²) < 4.78 is 5.26. The molecule has 0 spiro atoms. The van der Waals surface area contributed by atoms with Gasteiger partial charge in [0, 0.05) is 24.4 Å². The predicted molar refractivity (Wildman–Crippen MR) is 104 cm³/mol. The Bertz CT molecular complexity index is 746. The molecular formula is C20H27N3O2S. The largest absolute Gasteiger partial charge is 0.497 e. The highest BCUT2D eigenvalue weighted by Crippen LogP contribution is 2.32. The predicted octanol–water partition coefficient (Wildman–Crippen LogP) is 3.69. The van der Waals surface area contributed by atoms with E-state index in [-0.39, 0.29) is 18.0 Å².